The molecule has 30 heavy (non-hydrogen) atoms. The number of hydrogen-bond acceptors (Lipinski definition) is 6. The Labute approximate surface area is 181 Å². The van der Waals surface area contributed by atoms with Crippen LogP contribution in [0.15, 0.2) is 45.7 Å². The molecular weight excluding hydrogens is 418 g/mol. The van der Waals surface area contributed by atoms with Gasteiger partial charge >= 0.3 is 0 Å². The number of hydrogen-bond donors (Lipinski definition) is 1. The number of thiophene rings is 2. The highest BCUT2D eigenvalue weighted by atomic mass is 32.1. The van der Waals surface area contributed by atoms with E-state index < -0.39 is 0 Å². The highest BCUT2D eigenvalue weighted by Gasteiger charge is 2.19. The van der Waals surface area contributed by atoms with Crippen LogP contribution in [0.25, 0.3) is 20.7 Å². The van der Waals surface area contributed by atoms with E-state index in [1.807, 2.05) is 31.4 Å². The summed E-state index contributed by atoms with van der Waals surface area (Å²) in [5.74, 6) is 0.621. The van der Waals surface area contributed by atoms with Gasteiger partial charge in [-0.05, 0) is 23.8 Å². The SMILES string of the molecule is CCc1sc2ncn(Cc3cc(=O)c(OCC(C)C)c[nH]3)c(=O)c2c1-c1cccs1. The Hall–Kier alpha value is -2.71. The highest BCUT2D eigenvalue weighted by molar-refractivity contribution is 7.20. The molecule has 0 amide bonds. The fourth-order valence-electron chi connectivity index (χ4n) is 3.26. The summed E-state index contributed by atoms with van der Waals surface area (Å²) in [6.45, 7) is 6.86. The van der Waals surface area contributed by atoms with E-state index in [0.717, 1.165) is 26.6 Å². The van der Waals surface area contributed by atoms with Gasteiger partial charge in [0, 0.05) is 33.3 Å². The molecule has 0 aliphatic rings. The van der Waals surface area contributed by atoms with Gasteiger partial charge in [0.15, 0.2) is 5.75 Å². The molecule has 6 nitrogen and oxygen atoms in total. The van der Waals surface area contributed by atoms with E-state index in [1.54, 1.807) is 39.8 Å². The lowest BCUT2D eigenvalue weighted by Crippen LogP contribution is -2.22. The van der Waals surface area contributed by atoms with E-state index >= 15 is 0 Å². The number of pyridine rings is 1. The Morgan fingerprint density at radius 3 is 2.80 bits per heavy atom. The zero-order chi connectivity index (χ0) is 21.3. The third-order valence-electron chi connectivity index (χ3n) is 4.69. The maximum Gasteiger partial charge on any atom is 0.263 e. The van der Waals surface area contributed by atoms with E-state index in [1.165, 1.54) is 6.07 Å². The lowest BCUT2D eigenvalue weighted by atomic mass is 10.1. The van der Waals surface area contributed by atoms with Crippen molar-refractivity contribution in [2.75, 3.05) is 6.61 Å². The number of aromatic nitrogens is 3. The fourth-order valence-corrected chi connectivity index (χ4v) is 5.21. The average Bonchev–Trinajstić information content (AvgIpc) is 3.36. The largest absolute Gasteiger partial charge is 0.488 e. The molecule has 0 atom stereocenters. The van der Waals surface area contributed by atoms with E-state index in [0.29, 0.717) is 29.4 Å². The first-order valence-electron chi connectivity index (χ1n) is 9.87. The van der Waals surface area contributed by atoms with Crippen molar-refractivity contribution in [3.63, 3.8) is 0 Å². The van der Waals surface area contributed by atoms with Crippen molar-refractivity contribution in [3.05, 3.63) is 67.3 Å². The van der Waals surface area contributed by atoms with Gasteiger partial charge in [-0.1, -0.05) is 26.8 Å². The van der Waals surface area contributed by atoms with Crippen LogP contribution in [0.2, 0.25) is 0 Å². The smallest absolute Gasteiger partial charge is 0.263 e. The van der Waals surface area contributed by atoms with Crippen LogP contribution in [-0.4, -0.2) is 21.1 Å². The second-order valence-corrected chi connectivity index (χ2v) is 9.51. The van der Waals surface area contributed by atoms with Crippen LogP contribution < -0.4 is 15.7 Å². The maximum atomic E-state index is 13.3. The summed E-state index contributed by atoms with van der Waals surface area (Å²) < 4.78 is 7.08. The van der Waals surface area contributed by atoms with Crippen LogP contribution in [-0.2, 0) is 13.0 Å². The van der Waals surface area contributed by atoms with Crippen molar-refractivity contribution in [1.29, 1.82) is 0 Å². The van der Waals surface area contributed by atoms with E-state index in [2.05, 4.69) is 16.9 Å². The molecule has 0 spiro atoms. The monoisotopic (exact) mass is 441 g/mol. The van der Waals surface area contributed by atoms with Crippen molar-refractivity contribution in [2.45, 2.75) is 33.7 Å². The van der Waals surface area contributed by atoms with Crippen LogP contribution >= 0.6 is 22.7 Å². The lowest BCUT2D eigenvalue weighted by molar-refractivity contribution is 0.267. The molecule has 0 fully saturated rings. The van der Waals surface area contributed by atoms with Gasteiger partial charge in [-0.2, -0.15) is 0 Å². The Kier molecular flexibility index (Phi) is 5.87. The summed E-state index contributed by atoms with van der Waals surface area (Å²) in [5, 5.41) is 2.67. The minimum absolute atomic E-state index is 0.0969. The van der Waals surface area contributed by atoms with Crippen LogP contribution in [0.5, 0.6) is 5.75 Å². The summed E-state index contributed by atoms with van der Waals surface area (Å²) >= 11 is 3.19. The summed E-state index contributed by atoms with van der Waals surface area (Å²) in [7, 11) is 0. The number of ether oxygens (including phenoxy) is 1. The standard InChI is InChI=1S/C22H23N3O3S2/c1-4-17-19(18-6-5-7-29-18)20-21(30-17)24-12-25(22(20)27)10-14-8-15(26)16(9-23-14)28-11-13(2)3/h5-9,12-13H,4,10-11H2,1-3H3,(H,23,26). The van der Waals surface area contributed by atoms with Gasteiger partial charge in [0.25, 0.3) is 5.56 Å². The van der Waals surface area contributed by atoms with Crippen LogP contribution in [0.1, 0.15) is 31.3 Å². The minimum atomic E-state index is -0.199. The van der Waals surface area contributed by atoms with Crippen LogP contribution in [0.4, 0.5) is 0 Å². The molecular formula is C22H23N3O3S2. The first-order valence-corrected chi connectivity index (χ1v) is 11.6. The molecule has 0 saturated carbocycles. The van der Waals surface area contributed by atoms with Crippen LogP contribution in [0, 0.1) is 5.92 Å². The maximum absolute atomic E-state index is 13.3. The summed E-state index contributed by atoms with van der Waals surface area (Å²) in [6, 6.07) is 5.51. The fraction of sp³-hybridized carbons (Fsp3) is 0.318. The summed E-state index contributed by atoms with van der Waals surface area (Å²) in [6.07, 6.45) is 3.97. The number of H-pyrrole nitrogens is 1. The molecule has 4 aromatic heterocycles. The molecule has 1 N–H and O–H groups in total. The van der Waals surface area contributed by atoms with Crippen molar-refractivity contribution < 1.29 is 4.74 Å². The molecule has 0 aromatic carbocycles. The van der Waals surface area contributed by atoms with Gasteiger partial charge in [-0.3, -0.25) is 14.2 Å². The molecule has 0 saturated heterocycles. The molecule has 0 unspecified atom stereocenters. The quantitative estimate of drug-likeness (QED) is 0.457. The van der Waals surface area contributed by atoms with Gasteiger partial charge in [-0.25, -0.2) is 4.98 Å². The van der Waals surface area contributed by atoms with E-state index in [-0.39, 0.29) is 17.5 Å². The number of nitrogens with zero attached hydrogens (tertiary/aromatic N) is 2. The molecule has 8 heteroatoms. The summed E-state index contributed by atoms with van der Waals surface area (Å²) in [5.41, 5.74) is 1.32. The number of aryl methyl sites for hydroxylation is 1. The van der Waals surface area contributed by atoms with Gasteiger partial charge in [0.1, 0.15) is 4.83 Å². The molecule has 4 heterocycles. The molecule has 0 aliphatic heterocycles. The Bertz CT molecular complexity index is 1280. The second-order valence-electron chi connectivity index (χ2n) is 7.48. The van der Waals surface area contributed by atoms with E-state index in [4.69, 9.17) is 4.74 Å². The normalized spacial score (nSPS) is 11.5. The second kappa shape index (κ2) is 8.57. The van der Waals surface area contributed by atoms with Gasteiger partial charge in [-0.15, -0.1) is 22.7 Å². The van der Waals surface area contributed by atoms with Crippen molar-refractivity contribution >= 4 is 32.9 Å². The van der Waals surface area contributed by atoms with Crippen molar-refractivity contribution in [1.82, 2.24) is 14.5 Å². The number of aromatic amines is 1. The molecule has 4 aromatic rings. The average molecular weight is 442 g/mol. The number of rotatable bonds is 7. The van der Waals surface area contributed by atoms with Gasteiger partial charge in [0.05, 0.1) is 24.9 Å². The summed E-state index contributed by atoms with van der Waals surface area (Å²) in [4.78, 5) is 36.3. The predicted molar refractivity (Wildman–Crippen MR) is 123 cm³/mol. The first-order chi connectivity index (χ1) is 14.5. The van der Waals surface area contributed by atoms with Crippen molar-refractivity contribution in [2.24, 2.45) is 5.92 Å². The van der Waals surface area contributed by atoms with Crippen LogP contribution in [0.3, 0.4) is 0 Å². The Morgan fingerprint density at radius 2 is 2.13 bits per heavy atom. The zero-order valence-electron chi connectivity index (χ0n) is 17.1. The molecule has 0 bridgehead atoms. The minimum Gasteiger partial charge on any atom is -0.488 e. The Balaban J connectivity index is 1.71. The molecule has 0 aliphatic carbocycles. The number of nitrogens with one attached hydrogen (secondary N) is 1. The first kappa shape index (κ1) is 20.6. The van der Waals surface area contributed by atoms with Crippen molar-refractivity contribution in [3.8, 4) is 16.2 Å². The lowest BCUT2D eigenvalue weighted by Gasteiger charge is -2.10. The number of fused-ring (bicyclic) bond motifs is 1. The molecule has 0 radical (unpaired) electrons. The third kappa shape index (κ3) is 3.97. The Morgan fingerprint density at radius 1 is 1.30 bits per heavy atom. The van der Waals surface area contributed by atoms with E-state index in [9.17, 15) is 9.59 Å². The highest BCUT2D eigenvalue weighted by Crippen LogP contribution is 2.38. The molecule has 4 rings (SSSR count). The van der Waals surface area contributed by atoms with Gasteiger partial charge < -0.3 is 9.72 Å². The zero-order valence-corrected chi connectivity index (χ0v) is 18.7. The third-order valence-corrected chi connectivity index (χ3v) is 6.82. The topological polar surface area (TPSA) is 77.0 Å². The predicted octanol–water partition coefficient (Wildman–Crippen LogP) is 4.52. The molecule has 156 valence electrons. The van der Waals surface area contributed by atoms with Gasteiger partial charge in [0.2, 0.25) is 5.43 Å².